The Bertz CT molecular complexity index is 482. The summed E-state index contributed by atoms with van der Waals surface area (Å²) in [6, 6.07) is 7.02. The van der Waals surface area contributed by atoms with Crippen molar-refractivity contribution < 1.29 is 9.59 Å². The van der Waals surface area contributed by atoms with Crippen molar-refractivity contribution in [1.29, 1.82) is 0 Å². The standard InChI is InChI=1S/C15H21N3O2/c1-2-17-15(20)12-4-3-5-13(9-12)18-14(19)8-11-6-7-16-10-11/h3-5,9,11,16H,2,6-8,10H2,1H3,(H,17,20)(H,18,19). The van der Waals surface area contributed by atoms with Crippen LogP contribution in [0.15, 0.2) is 24.3 Å². The summed E-state index contributed by atoms with van der Waals surface area (Å²) in [6.45, 7) is 4.36. The molecule has 0 aliphatic carbocycles. The van der Waals surface area contributed by atoms with Gasteiger partial charge in [0.25, 0.3) is 5.91 Å². The minimum absolute atomic E-state index is 0.00625. The highest BCUT2D eigenvalue weighted by Crippen LogP contribution is 2.15. The topological polar surface area (TPSA) is 70.2 Å². The van der Waals surface area contributed by atoms with Crippen molar-refractivity contribution in [3.63, 3.8) is 0 Å². The zero-order valence-corrected chi connectivity index (χ0v) is 11.7. The molecule has 0 radical (unpaired) electrons. The highest BCUT2D eigenvalue weighted by molar-refractivity contribution is 5.97. The summed E-state index contributed by atoms with van der Waals surface area (Å²) in [4.78, 5) is 23.7. The summed E-state index contributed by atoms with van der Waals surface area (Å²) >= 11 is 0. The smallest absolute Gasteiger partial charge is 0.251 e. The molecule has 0 bridgehead atoms. The molecule has 1 fully saturated rings. The van der Waals surface area contributed by atoms with Gasteiger partial charge >= 0.3 is 0 Å². The van der Waals surface area contributed by atoms with Crippen molar-refractivity contribution in [2.75, 3.05) is 25.0 Å². The van der Waals surface area contributed by atoms with Crippen LogP contribution in [0.4, 0.5) is 5.69 Å². The Hall–Kier alpha value is -1.88. The second-order valence-electron chi connectivity index (χ2n) is 5.05. The van der Waals surface area contributed by atoms with E-state index in [1.165, 1.54) is 0 Å². The molecular weight excluding hydrogens is 254 g/mol. The Morgan fingerprint density at radius 2 is 2.25 bits per heavy atom. The van der Waals surface area contributed by atoms with Crippen LogP contribution in [0.5, 0.6) is 0 Å². The fraction of sp³-hybridized carbons (Fsp3) is 0.467. The van der Waals surface area contributed by atoms with Crippen LogP contribution >= 0.6 is 0 Å². The molecule has 2 amide bonds. The third kappa shape index (κ3) is 4.06. The van der Waals surface area contributed by atoms with Gasteiger partial charge in [0.1, 0.15) is 0 Å². The molecule has 3 N–H and O–H groups in total. The summed E-state index contributed by atoms with van der Waals surface area (Å²) < 4.78 is 0. The third-order valence-corrected chi connectivity index (χ3v) is 3.38. The molecule has 1 aliphatic heterocycles. The average molecular weight is 275 g/mol. The van der Waals surface area contributed by atoms with Gasteiger partial charge in [0.2, 0.25) is 5.91 Å². The minimum Gasteiger partial charge on any atom is -0.352 e. The Morgan fingerprint density at radius 3 is 2.95 bits per heavy atom. The van der Waals surface area contributed by atoms with Gasteiger partial charge in [-0.2, -0.15) is 0 Å². The summed E-state index contributed by atoms with van der Waals surface area (Å²) in [5.41, 5.74) is 1.23. The molecule has 1 saturated heterocycles. The quantitative estimate of drug-likeness (QED) is 0.760. The Morgan fingerprint density at radius 1 is 1.40 bits per heavy atom. The van der Waals surface area contributed by atoms with Gasteiger partial charge < -0.3 is 16.0 Å². The lowest BCUT2D eigenvalue weighted by Crippen LogP contribution is -2.23. The van der Waals surface area contributed by atoms with E-state index >= 15 is 0 Å². The summed E-state index contributed by atoms with van der Waals surface area (Å²) in [5.74, 6) is 0.303. The number of rotatable bonds is 5. The molecule has 5 heteroatoms. The Labute approximate surface area is 119 Å². The number of benzene rings is 1. The first-order valence-electron chi connectivity index (χ1n) is 7.08. The normalized spacial score (nSPS) is 17.8. The van der Waals surface area contributed by atoms with Crippen molar-refractivity contribution in [3.8, 4) is 0 Å². The number of anilines is 1. The van der Waals surface area contributed by atoms with E-state index in [4.69, 9.17) is 0 Å². The number of carbonyl (C=O) groups excluding carboxylic acids is 2. The third-order valence-electron chi connectivity index (χ3n) is 3.38. The molecule has 1 aliphatic rings. The van der Waals surface area contributed by atoms with Crippen LogP contribution in [0.25, 0.3) is 0 Å². The van der Waals surface area contributed by atoms with Gasteiger partial charge in [-0.25, -0.2) is 0 Å². The van der Waals surface area contributed by atoms with Crippen molar-refractivity contribution in [2.24, 2.45) is 5.92 Å². The zero-order chi connectivity index (χ0) is 14.4. The van der Waals surface area contributed by atoms with Gasteiger partial charge in [0, 0.05) is 24.2 Å². The first kappa shape index (κ1) is 14.5. The van der Waals surface area contributed by atoms with E-state index in [1.54, 1.807) is 24.3 Å². The van der Waals surface area contributed by atoms with Gasteiger partial charge in [0.15, 0.2) is 0 Å². The fourth-order valence-corrected chi connectivity index (χ4v) is 2.36. The largest absolute Gasteiger partial charge is 0.352 e. The summed E-state index contributed by atoms with van der Waals surface area (Å²) in [5, 5.41) is 8.85. The molecule has 2 rings (SSSR count). The lowest BCUT2D eigenvalue weighted by atomic mass is 10.0. The molecule has 0 aromatic heterocycles. The van der Waals surface area contributed by atoms with Gasteiger partial charge in [-0.05, 0) is 50.6 Å². The van der Waals surface area contributed by atoms with Crippen molar-refractivity contribution in [3.05, 3.63) is 29.8 Å². The van der Waals surface area contributed by atoms with Crippen LogP contribution in [-0.2, 0) is 4.79 Å². The van der Waals surface area contributed by atoms with Gasteiger partial charge in [-0.3, -0.25) is 9.59 Å². The van der Waals surface area contributed by atoms with E-state index in [-0.39, 0.29) is 11.8 Å². The van der Waals surface area contributed by atoms with E-state index in [0.29, 0.717) is 30.1 Å². The zero-order valence-electron chi connectivity index (χ0n) is 11.7. The van der Waals surface area contributed by atoms with E-state index in [1.807, 2.05) is 6.92 Å². The molecule has 5 nitrogen and oxygen atoms in total. The maximum atomic E-state index is 11.9. The first-order chi connectivity index (χ1) is 9.69. The fourth-order valence-electron chi connectivity index (χ4n) is 2.36. The SMILES string of the molecule is CCNC(=O)c1cccc(NC(=O)CC2CCNC2)c1. The molecule has 1 aromatic rings. The summed E-state index contributed by atoms with van der Waals surface area (Å²) in [7, 11) is 0. The van der Waals surface area contributed by atoms with Gasteiger partial charge in [0.05, 0.1) is 0 Å². The van der Waals surface area contributed by atoms with Gasteiger partial charge in [-0.1, -0.05) is 6.07 Å². The number of carbonyl (C=O) groups is 2. The van der Waals surface area contributed by atoms with Crippen LogP contribution in [-0.4, -0.2) is 31.4 Å². The molecule has 0 saturated carbocycles. The Balaban J connectivity index is 1.93. The van der Waals surface area contributed by atoms with E-state index in [2.05, 4.69) is 16.0 Å². The van der Waals surface area contributed by atoms with Crippen LogP contribution in [0, 0.1) is 5.92 Å². The van der Waals surface area contributed by atoms with E-state index < -0.39 is 0 Å². The first-order valence-corrected chi connectivity index (χ1v) is 7.08. The minimum atomic E-state index is -0.122. The molecule has 1 atom stereocenters. The second-order valence-corrected chi connectivity index (χ2v) is 5.05. The van der Waals surface area contributed by atoms with Crippen LogP contribution in [0.1, 0.15) is 30.1 Å². The monoisotopic (exact) mass is 275 g/mol. The molecular formula is C15H21N3O2. The molecule has 20 heavy (non-hydrogen) atoms. The highest BCUT2D eigenvalue weighted by atomic mass is 16.2. The number of hydrogen-bond acceptors (Lipinski definition) is 3. The van der Waals surface area contributed by atoms with E-state index in [0.717, 1.165) is 19.5 Å². The molecule has 1 heterocycles. The predicted molar refractivity (Wildman–Crippen MR) is 78.7 cm³/mol. The maximum Gasteiger partial charge on any atom is 0.251 e. The molecule has 108 valence electrons. The van der Waals surface area contributed by atoms with Crippen LogP contribution in [0.3, 0.4) is 0 Å². The van der Waals surface area contributed by atoms with Crippen LogP contribution in [0.2, 0.25) is 0 Å². The average Bonchev–Trinajstić information content (AvgIpc) is 2.92. The number of amides is 2. The predicted octanol–water partition coefficient (Wildman–Crippen LogP) is 1.37. The lowest BCUT2D eigenvalue weighted by Gasteiger charge is -2.10. The van der Waals surface area contributed by atoms with Crippen molar-refractivity contribution >= 4 is 17.5 Å². The lowest BCUT2D eigenvalue weighted by molar-refractivity contribution is -0.116. The highest BCUT2D eigenvalue weighted by Gasteiger charge is 2.18. The van der Waals surface area contributed by atoms with Crippen molar-refractivity contribution in [2.45, 2.75) is 19.8 Å². The molecule has 1 aromatic carbocycles. The van der Waals surface area contributed by atoms with Crippen molar-refractivity contribution in [1.82, 2.24) is 10.6 Å². The Kier molecular flexibility index (Phi) is 5.12. The number of nitrogens with one attached hydrogen (secondary N) is 3. The van der Waals surface area contributed by atoms with E-state index in [9.17, 15) is 9.59 Å². The van der Waals surface area contributed by atoms with Crippen LogP contribution < -0.4 is 16.0 Å². The maximum absolute atomic E-state index is 11.9. The van der Waals surface area contributed by atoms with Gasteiger partial charge in [-0.15, -0.1) is 0 Å². The second kappa shape index (κ2) is 7.05. The molecule has 1 unspecified atom stereocenters. The summed E-state index contributed by atoms with van der Waals surface area (Å²) in [6.07, 6.45) is 1.57. The number of hydrogen-bond donors (Lipinski definition) is 3. The molecule has 0 spiro atoms.